The van der Waals surface area contributed by atoms with E-state index >= 15 is 0 Å². The Kier molecular flexibility index (Phi) is 7.83. The lowest BCUT2D eigenvalue weighted by Crippen LogP contribution is -2.47. The Morgan fingerprint density at radius 1 is 1.35 bits per heavy atom. The lowest BCUT2D eigenvalue weighted by Gasteiger charge is -2.34. The molecule has 0 fully saturated rings. The summed E-state index contributed by atoms with van der Waals surface area (Å²) in [6.07, 6.45) is -0.132. The summed E-state index contributed by atoms with van der Waals surface area (Å²) in [6.45, 7) is 7.41. The number of halogens is 1. The summed E-state index contributed by atoms with van der Waals surface area (Å²) in [7, 11) is 0. The van der Waals surface area contributed by atoms with Gasteiger partial charge in [-0.15, -0.1) is 0 Å². The molecule has 0 aliphatic heterocycles. The van der Waals surface area contributed by atoms with Crippen molar-refractivity contribution in [2.45, 2.75) is 52.0 Å². The molecule has 0 saturated carbocycles. The maximum absolute atomic E-state index is 9.96. The van der Waals surface area contributed by atoms with Gasteiger partial charge >= 0.3 is 0 Å². The van der Waals surface area contributed by atoms with Crippen LogP contribution in [0.1, 0.15) is 34.1 Å². The number of alkyl halides is 1. The van der Waals surface area contributed by atoms with Gasteiger partial charge in [0.2, 0.25) is 0 Å². The van der Waals surface area contributed by atoms with Gasteiger partial charge in [-0.1, -0.05) is 22.9 Å². The molecule has 0 aromatic rings. The molecule has 0 aromatic carbocycles. The quantitative estimate of drug-likeness (QED) is 0.492. The van der Waals surface area contributed by atoms with Gasteiger partial charge in [0.25, 0.3) is 0 Å². The molecule has 0 rings (SSSR count). The van der Waals surface area contributed by atoms with Crippen molar-refractivity contribution in [1.82, 2.24) is 0 Å². The van der Waals surface area contributed by atoms with Gasteiger partial charge in [0.15, 0.2) is 6.29 Å². The number of rotatable bonds is 7. The monoisotopic (exact) mass is 311 g/mol. The van der Waals surface area contributed by atoms with E-state index in [1.165, 1.54) is 0 Å². The number of aliphatic hydroxyl groups excluding tert-OH is 2. The molecule has 0 saturated heterocycles. The van der Waals surface area contributed by atoms with E-state index in [1.54, 1.807) is 0 Å². The van der Waals surface area contributed by atoms with Gasteiger partial charge in [0, 0.05) is 17.3 Å². The summed E-state index contributed by atoms with van der Waals surface area (Å²) in [4.78, 5) is 0. The molecule has 0 heterocycles. The van der Waals surface area contributed by atoms with Crippen molar-refractivity contribution in [3.05, 3.63) is 0 Å². The van der Waals surface area contributed by atoms with E-state index in [2.05, 4.69) is 15.9 Å². The fourth-order valence-electron chi connectivity index (χ4n) is 1.64. The fourth-order valence-corrected chi connectivity index (χ4v) is 2.36. The predicted molar refractivity (Wildman–Crippen MR) is 73.0 cm³/mol. The normalized spacial score (nSPS) is 19.8. The van der Waals surface area contributed by atoms with Crippen molar-refractivity contribution in [2.75, 3.05) is 11.9 Å². The fraction of sp³-hybridized carbons (Fsp3) is 1.00. The first-order valence-corrected chi connectivity index (χ1v) is 7.13. The molecule has 104 valence electrons. The summed E-state index contributed by atoms with van der Waals surface area (Å²) in [5, 5.41) is 20.2. The number of aliphatic hydroxyl groups is 2. The van der Waals surface area contributed by atoms with Crippen LogP contribution in [-0.4, -0.2) is 40.1 Å². The lowest BCUT2D eigenvalue weighted by atomic mass is 9.88. The van der Waals surface area contributed by atoms with E-state index in [-0.39, 0.29) is 18.6 Å². The predicted octanol–water partition coefficient (Wildman–Crippen LogP) is 1.48. The molecule has 4 N–H and O–H groups in total. The molecule has 5 heteroatoms. The highest BCUT2D eigenvalue weighted by atomic mass is 79.9. The van der Waals surface area contributed by atoms with Crippen LogP contribution in [0, 0.1) is 11.8 Å². The van der Waals surface area contributed by atoms with E-state index in [0.29, 0.717) is 0 Å². The molecule has 0 aliphatic rings. The standard InChI is InChI=1S/C12H26BrNO3/c1-8(5-6-13)10(14)9(7-15)11(16)17-12(2,3)4/h8-11,15-16H,5-7,14H2,1-4H3/t8-,9+,10-,11+/m1/s1. The largest absolute Gasteiger partial charge is 0.396 e. The second kappa shape index (κ2) is 7.69. The molecular weight excluding hydrogens is 286 g/mol. The number of hydrogen-bond acceptors (Lipinski definition) is 4. The van der Waals surface area contributed by atoms with Crippen molar-refractivity contribution in [3.63, 3.8) is 0 Å². The minimum Gasteiger partial charge on any atom is -0.396 e. The molecule has 0 spiro atoms. The maximum Gasteiger partial charge on any atom is 0.161 e. The third kappa shape index (κ3) is 6.72. The number of nitrogens with two attached hydrogens (primary N) is 1. The molecule has 4 nitrogen and oxygen atoms in total. The van der Waals surface area contributed by atoms with Gasteiger partial charge in [-0.05, 0) is 33.1 Å². The lowest BCUT2D eigenvalue weighted by molar-refractivity contribution is -0.202. The highest BCUT2D eigenvalue weighted by molar-refractivity contribution is 9.09. The van der Waals surface area contributed by atoms with Gasteiger partial charge in [-0.3, -0.25) is 0 Å². The van der Waals surface area contributed by atoms with Crippen LogP contribution in [0.5, 0.6) is 0 Å². The van der Waals surface area contributed by atoms with Gasteiger partial charge < -0.3 is 20.7 Å². The third-order valence-electron chi connectivity index (χ3n) is 2.77. The van der Waals surface area contributed by atoms with Gasteiger partial charge in [0.05, 0.1) is 12.2 Å². The molecule has 0 amide bonds. The van der Waals surface area contributed by atoms with Gasteiger partial charge in [-0.2, -0.15) is 0 Å². The van der Waals surface area contributed by atoms with Crippen molar-refractivity contribution < 1.29 is 14.9 Å². The van der Waals surface area contributed by atoms with Crippen molar-refractivity contribution in [1.29, 1.82) is 0 Å². The summed E-state index contributed by atoms with van der Waals surface area (Å²) < 4.78 is 5.44. The SMILES string of the molecule is C[C@H](CCBr)[C@@H](N)[C@H](CO)[C@@H](O)OC(C)(C)C. The Morgan fingerprint density at radius 2 is 1.88 bits per heavy atom. The van der Waals surface area contributed by atoms with E-state index in [0.717, 1.165) is 11.8 Å². The van der Waals surface area contributed by atoms with Crippen LogP contribution < -0.4 is 5.73 Å². The second-order valence-electron chi connectivity index (χ2n) is 5.50. The maximum atomic E-state index is 9.96. The van der Waals surface area contributed by atoms with E-state index in [9.17, 15) is 10.2 Å². The van der Waals surface area contributed by atoms with Crippen molar-refractivity contribution in [3.8, 4) is 0 Å². The Morgan fingerprint density at radius 3 is 2.24 bits per heavy atom. The minimum atomic E-state index is -1.03. The molecule has 0 bridgehead atoms. The zero-order valence-corrected chi connectivity index (χ0v) is 12.8. The first kappa shape index (κ1) is 17.3. The molecule has 0 aromatic heterocycles. The first-order valence-electron chi connectivity index (χ1n) is 6.01. The Bertz CT molecular complexity index is 208. The van der Waals surface area contributed by atoms with Crippen LogP contribution in [0.15, 0.2) is 0 Å². The first-order chi connectivity index (χ1) is 7.72. The molecule has 4 atom stereocenters. The molecule has 17 heavy (non-hydrogen) atoms. The average Bonchev–Trinajstić information content (AvgIpc) is 2.16. The number of ether oxygens (including phenoxy) is 1. The Balaban J connectivity index is 4.48. The van der Waals surface area contributed by atoms with Crippen molar-refractivity contribution in [2.24, 2.45) is 17.6 Å². The van der Waals surface area contributed by atoms with E-state index in [1.807, 2.05) is 27.7 Å². The van der Waals surface area contributed by atoms with Crippen LogP contribution in [0.25, 0.3) is 0 Å². The average molecular weight is 312 g/mol. The topological polar surface area (TPSA) is 75.7 Å². The summed E-state index contributed by atoms with van der Waals surface area (Å²) in [5.41, 5.74) is 5.60. The minimum absolute atomic E-state index is 0.176. The number of hydrogen-bond donors (Lipinski definition) is 3. The molecule has 0 radical (unpaired) electrons. The van der Waals surface area contributed by atoms with Gasteiger partial charge in [0.1, 0.15) is 0 Å². The second-order valence-corrected chi connectivity index (χ2v) is 6.29. The Hall–Kier alpha value is 0.320. The highest BCUT2D eigenvalue weighted by Crippen LogP contribution is 2.22. The van der Waals surface area contributed by atoms with Gasteiger partial charge in [-0.25, -0.2) is 0 Å². The van der Waals surface area contributed by atoms with Crippen molar-refractivity contribution >= 4 is 15.9 Å². The summed E-state index contributed by atoms with van der Waals surface area (Å²) >= 11 is 3.36. The highest BCUT2D eigenvalue weighted by Gasteiger charge is 2.31. The third-order valence-corrected chi connectivity index (χ3v) is 3.23. The van der Waals surface area contributed by atoms with Crippen LogP contribution in [0.3, 0.4) is 0 Å². The van der Waals surface area contributed by atoms with E-state index < -0.39 is 17.8 Å². The summed E-state index contributed by atoms with van der Waals surface area (Å²) in [5.74, 6) is -0.243. The smallest absolute Gasteiger partial charge is 0.161 e. The van der Waals surface area contributed by atoms with Crippen LogP contribution in [0.4, 0.5) is 0 Å². The Labute approximate surface area is 113 Å². The zero-order chi connectivity index (χ0) is 13.6. The summed E-state index contributed by atoms with van der Waals surface area (Å²) in [6, 6.07) is -0.283. The molecule has 0 unspecified atom stereocenters. The van der Waals surface area contributed by atoms with E-state index in [4.69, 9.17) is 10.5 Å². The van der Waals surface area contributed by atoms with Crippen LogP contribution >= 0.6 is 15.9 Å². The van der Waals surface area contributed by atoms with Crippen LogP contribution in [-0.2, 0) is 4.74 Å². The molecular formula is C12H26BrNO3. The zero-order valence-electron chi connectivity index (χ0n) is 11.2. The van der Waals surface area contributed by atoms with Crippen LogP contribution in [0.2, 0.25) is 0 Å². The molecule has 0 aliphatic carbocycles.